The highest BCUT2D eigenvalue weighted by molar-refractivity contribution is 5.93. The van der Waals surface area contributed by atoms with E-state index < -0.39 is 11.8 Å². The number of Topliss-reactive ketones (excluding diaryl/α,β-unsaturated/α-hetero) is 1. The van der Waals surface area contributed by atoms with Gasteiger partial charge in [0.1, 0.15) is 17.9 Å². The second-order valence-corrected chi connectivity index (χ2v) is 5.66. The molecule has 0 saturated heterocycles. The number of ether oxygens (including phenoxy) is 2. The van der Waals surface area contributed by atoms with Crippen molar-refractivity contribution in [2.24, 2.45) is 0 Å². The molecular weight excluding hydrogens is 350 g/mol. The van der Waals surface area contributed by atoms with Crippen molar-refractivity contribution < 1.29 is 23.8 Å². The number of pyridine rings is 1. The van der Waals surface area contributed by atoms with Crippen molar-refractivity contribution in [3.05, 3.63) is 64.9 Å². The molecule has 8 nitrogen and oxygen atoms in total. The highest BCUT2D eigenvalue weighted by Gasteiger charge is 2.24. The van der Waals surface area contributed by atoms with E-state index in [4.69, 9.17) is 9.47 Å². The monoisotopic (exact) mass is 367 g/mol. The molecule has 0 saturated carbocycles. The van der Waals surface area contributed by atoms with Gasteiger partial charge in [0.2, 0.25) is 11.3 Å². The number of fused-ring (bicyclic) bond motifs is 1. The van der Waals surface area contributed by atoms with Gasteiger partial charge in [-0.25, -0.2) is 9.78 Å². The van der Waals surface area contributed by atoms with Crippen molar-refractivity contribution in [1.82, 2.24) is 9.97 Å². The fourth-order valence-corrected chi connectivity index (χ4v) is 2.60. The van der Waals surface area contributed by atoms with Crippen molar-refractivity contribution in [2.45, 2.75) is 20.5 Å². The van der Waals surface area contributed by atoms with E-state index in [9.17, 15) is 14.8 Å². The molecule has 0 fully saturated rings. The smallest absolute Gasteiger partial charge is 0.340 e. The van der Waals surface area contributed by atoms with Gasteiger partial charge >= 0.3 is 5.97 Å². The number of aromatic nitrogens is 3. The average molecular weight is 367 g/mol. The van der Waals surface area contributed by atoms with Crippen molar-refractivity contribution >= 4 is 22.8 Å². The first kappa shape index (κ1) is 18.2. The first-order valence-electron chi connectivity index (χ1n) is 8.28. The van der Waals surface area contributed by atoms with Gasteiger partial charge in [0.05, 0.1) is 18.2 Å². The third-order valence-electron chi connectivity index (χ3n) is 3.78. The molecule has 0 radical (unpaired) electrons. The van der Waals surface area contributed by atoms with Gasteiger partial charge in [-0.2, -0.15) is 4.73 Å². The van der Waals surface area contributed by atoms with E-state index in [1.54, 1.807) is 24.3 Å². The normalized spacial score (nSPS) is 10.6. The quantitative estimate of drug-likeness (QED) is 0.285. The molecule has 0 aliphatic carbocycles. The Hall–Kier alpha value is -3.55. The predicted octanol–water partition coefficient (Wildman–Crippen LogP) is 2.22. The molecule has 3 aromatic rings. The molecule has 0 atom stereocenters. The molecule has 8 heteroatoms. The maximum absolute atomic E-state index is 12.7. The van der Waals surface area contributed by atoms with Crippen LogP contribution < -0.4 is 9.47 Å². The van der Waals surface area contributed by atoms with E-state index >= 15 is 0 Å². The van der Waals surface area contributed by atoms with Gasteiger partial charge in [-0.3, -0.25) is 9.78 Å². The molecule has 0 aliphatic rings. The van der Waals surface area contributed by atoms with Crippen LogP contribution in [0.1, 0.15) is 40.4 Å². The molecule has 138 valence electrons. The van der Waals surface area contributed by atoms with Crippen LogP contribution in [0.3, 0.4) is 0 Å². The second kappa shape index (κ2) is 7.77. The van der Waals surface area contributed by atoms with Crippen LogP contribution in [0.5, 0.6) is 5.75 Å². The average Bonchev–Trinajstić information content (AvgIpc) is 2.67. The lowest BCUT2D eigenvalue weighted by atomic mass is 10.2. The van der Waals surface area contributed by atoms with E-state index in [1.807, 2.05) is 6.92 Å². The molecule has 0 aliphatic heterocycles. The van der Waals surface area contributed by atoms with Gasteiger partial charge in [-0.1, -0.05) is 0 Å². The van der Waals surface area contributed by atoms with Gasteiger partial charge in [-0.05, 0) is 31.2 Å². The SMILES string of the molecule is CCOc1ccc2nc(COC(=O)c3cccnc3)c(C(C)=O)[n+]([O-])c2c1. The van der Waals surface area contributed by atoms with Gasteiger partial charge < -0.3 is 14.7 Å². The number of hydrogen-bond donors (Lipinski definition) is 0. The van der Waals surface area contributed by atoms with Crippen LogP contribution in [0.15, 0.2) is 42.7 Å². The highest BCUT2D eigenvalue weighted by atomic mass is 16.5. The topological polar surface area (TPSA) is 105 Å². The van der Waals surface area contributed by atoms with Crippen LogP contribution in [0, 0.1) is 5.21 Å². The van der Waals surface area contributed by atoms with E-state index in [0.717, 1.165) is 0 Å². The zero-order valence-corrected chi connectivity index (χ0v) is 14.8. The largest absolute Gasteiger partial charge is 0.618 e. The first-order valence-corrected chi connectivity index (χ1v) is 8.28. The zero-order chi connectivity index (χ0) is 19.4. The van der Waals surface area contributed by atoms with Crippen LogP contribution in [-0.4, -0.2) is 28.3 Å². The Bertz CT molecular complexity index is 1010. The summed E-state index contributed by atoms with van der Waals surface area (Å²) in [6.45, 7) is 3.22. The van der Waals surface area contributed by atoms with Crippen molar-refractivity contribution in [3.8, 4) is 5.75 Å². The standard InChI is InChI=1S/C19H17N3O5/c1-3-26-14-6-7-15-17(9-14)22(25)18(12(2)23)16(21-15)11-27-19(24)13-5-4-8-20-10-13/h4-10H,3,11H2,1-2H3. The number of carbonyl (C=O) groups excluding carboxylic acids is 2. The third-order valence-corrected chi connectivity index (χ3v) is 3.78. The minimum atomic E-state index is -0.622. The van der Waals surface area contributed by atoms with E-state index in [-0.39, 0.29) is 29.1 Å². The van der Waals surface area contributed by atoms with Gasteiger partial charge in [0, 0.05) is 19.3 Å². The van der Waals surface area contributed by atoms with Crippen LogP contribution in [0.25, 0.3) is 11.0 Å². The molecular formula is C19H17N3O5. The summed E-state index contributed by atoms with van der Waals surface area (Å²) in [6.07, 6.45) is 2.90. The molecule has 3 rings (SSSR count). The van der Waals surface area contributed by atoms with Crippen LogP contribution >= 0.6 is 0 Å². The highest BCUT2D eigenvalue weighted by Crippen LogP contribution is 2.19. The molecule has 0 bridgehead atoms. The van der Waals surface area contributed by atoms with E-state index in [0.29, 0.717) is 22.6 Å². The van der Waals surface area contributed by atoms with Gasteiger partial charge in [0.25, 0.3) is 5.69 Å². The summed E-state index contributed by atoms with van der Waals surface area (Å²) in [5.74, 6) is -0.598. The number of nitrogens with zero attached hydrogens (tertiary/aromatic N) is 3. The Kier molecular flexibility index (Phi) is 5.25. The van der Waals surface area contributed by atoms with Gasteiger partial charge in [-0.15, -0.1) is 0 Å². The molecule has 2 heterocycles. The summed E-state index contributed by atoms with van der Waals surface area (Å²) in [5, 5.41) is 12.7. The molecule has 27 heavy (non-hydrogen) atoms. The summed E-state index contributed by atoms with van der Waals surface area (Å²) >= 11 is 0. The zero-order valence-electron chi connectivity index (χ0n) is 14.8. The summed E-state index contributed by atoms with van der Waals surface area (Å²) in [4.78, 5) is 32.3. The Morgan fingerprint density at radius 3 is 2.74 bits per heavy atom. The molecule has 0 amide bonds. The predicted molar refractivity (Wildman–Crippen MR) is 95.2 cm³/mol. The fraction of sp³-hybridized carbons (Fsp3) is 0.211. The number of rotatable bonds is 6. The van der Waals surface area contributed by atoms with Crippen LogP contribution in [0.2, 0.25) is 0 Å². The third kappa shape index (κ3) is 3.84. The van der Waals surface area contributed by atoms with Crippen molar-refractivity contribution in [3.63, 3.8) is 0 Å². The maximum Gasteiger partial charge on any atom is 0.340 e. The number of carbonyl (C=O) groups is 2. The first-order chi connectivity index (χ1) is 13.0. The van der Waals surface area contributed by atoms with Gasteiger partial charge in [0.15, 0.2) is 5.69 Å². The summed E-state index contributed by atoms with van der Waals surface area (Å²) < 4.78 is 11.1. The van der Waals surface area contributed by atoms with Crippen molar-refractivity contribution in [2.75, 3.05) is 6.61 Å². The minimum Gasteiger partial charge on any atom is -0.618 e. The Morgan fingerprint density at radius 2 is 2.07 bits per heavy atom. The Labute approximate surface area is 155 Å². The molecule has 2 aromatic heterocycles. The number of ketones is 1. The number of esters is 1. The summed E-state index contributed by atoms with van der Waals surface area (Å²) in [7, 11) is 0. The van der Waals surface area contributed by atoms with Crippen LogP contribution in [-0.2, 0) is 11.3 Å². The van der Waals surface area contributed by atoms with Crippen LogP contribution in [0.4, 0.5) is 0 Å². The number of benzene rings is 1. The summed E-state index contributed by atoms with van der Waals surface area (Å²) in [6, 6.07) is 7.98. The lowest BCUT2D eigenvalue weighted by molar-refractivity contribution is -0.580. The minimum absolute atomic E-state index is 0.0893. The van der Waals surface area contributed by atoms with E-state index in [1.165, 1.54) is 25.4 Å². The molecule has 0 N–H and O–H groups in total. The lowest BCUT2D eigenvalue weighted by Crippen LogP contribution is -2.37. The molecule has 1 aromatic carbocycles. The van der Waals surface area contributed by atoms with E-state index in [2.05, 4.69) is 9.97 Å². The molecule has 0 spiro atoms. The Balaban J connectivity index is 1.96. The lowest BCUT2D eigenvalue weighted by Gasteiger charge is -2.11. The van der Waals surface area contributed by atoms with Crippen molar-refractivity contribution in [1.29, 1.82) is 0 Å². The maximum atomic E-state index is 12.7. The molecule has 0 unspecified atom stereocenters. The second-order valence-electron chi connectivity index (χ2n) is 5.66. The Morgan fingerprint density at radius 1 is 1.26 bits per heavy atom. The number of hydrogen-bond acceptors (Lipinski definition) is 7. The fourth-order valence-electron chi connectivity index (χ4n) is 2.60. The summed E-state index contributed by atoms with van der Waals surface area (Å²) in [5.41, 5.74) is 0.750.